The highest BCUT2D eigenvalue weighted by molar-refractivity contribution is 5.87. The van der Waals surface area contributed by atoms with Gasteiger partial charge in [0.05, 0.1) is 12.6 Å². The number of nitrogens with zero attached hydrogens (tertiary/aromatic N) is 2. The van der Waals surface area contributed by atoms with Crippen molar-refractivity contribution >= 4 is 5.97 Å². The maximum absolute atomic E-state index is 10.8. The molecule has 0 radical (unpaired) electrons. The number of aromatic carboxylic acids is 1. The average molecular weight is 245 g/mol. The van der Waals surface area contributed by atoms with Crippen LogP contribution in [0.2, 0.25) is 0 Å². The van der Waals surface area contributed by atoms with Gasteiger partial charge in [-0.1, -0.05) is 19.1 Å². The van der Waals surface area contributed by atoms with E-state index in [1.165, 1.54) is 5.82 Å². The van der Waals surface area contributed by atoms with Crippen LogP contribution in [0.1, 0.15) is 28.7 Å². The summed E-state index contributed by atoms with van der Waals surface area (Å²) in [4.78, 5) is 10.8. The lowest BCUT2D eigenvalue weighted by atomic mass is 10.1. The Balaban J connectivity index is 2.20. The van der Waals surface area contributed by atoms with E-state index in [1.54, 1.807) is 12.1 Å². The predicted molar refractivity (Wildman–Crippen MR) is 67.5 cm³/mol. The van der Waals surface area contributed by atoms with E-state index in [9.17, 15) is 4.79 Å². The molecule has 0 atom stereocenters. The molecule has 1 aromatic carbocycles. The van der Waals surface area contributed by atoms with E-state index in [2.05, 4.69) is 16.1 Å². The van der Waals surface area contributed by atoms with E-state index in [1.807, 2.05) is 31.6 Å². The Labute approximate surface area is 106 Å². The third-order valence-corrected chi connectivity index (χ3v) is 3.08. The van der Waals surface area contributed by atoms with Crippen LogP contribution >= 0.6 is 0 Å². The second kappa shape index (κ2) is 5.04. The molecular weight excluding hydrogens is 228 g/mol. The molecule has 4 heteroatoms. The van der Waals surface area contributed by atoms with Crippen molar-refractivity contribution in [3.05, 3.63) is 53.6 Å². The Morgan fingerprint density at radius 1 is 1.33 bits per heavy atom. The fraction of sp³-hybridized carbons (Fsp3) is 0.286. The summed E-state index contributed by atoms with van der Waals surface area (Å²) in [7, 11) is 2.03. The van der Waals surface area contributed by atoms with Crippen molar-refractivity contribution in [2.75, 3.05) is 0 Å². The van der Waals surface area contributed by atoms with Gasteiger partial charge in [0.15, 0.2) is 0 Å². The predicted octanol–water partition coefficient (Wildman–Crippen LogP) is 1.62. The van der Waals surface area contributed by atoms with Gasteiger partial charge in [0.25, 0.3) is 5.82 Å². The molecule has 0 saturated carbocycles. The van der Waals surface area contributed by atoms with Crippen LogP contribution in [0.3, 0.4) is 0 Å². The van der Waals surface area contributed by atoms with Crippen LogP contribution in [0.4, 0.5) is 0 Å². The van der Waals surface area contributed by atoms with Crippen LogP contribution in [0.25, 0.3) is 0 Å². The smallest absolute Gasteiger partial charge is 0.335 e. The first-order valence-electron chi connectivity index (χ1n) is 5.97. The van der Waals surface area contributed by atoms with Crippen molar-refractivity contribution in [2.45, 2.75) is 19.9 Å². The summed E-state index contributed by atoms with van der Waals surface area (Å²) in [5, 5.41) is 8.84. The number of imidazole rings is 1. The highest BCUT2D eigenvalue weighted by Gasteiger charge is 2.12. The lowest BCUT2D eigenvalue weighted by Gasteiger charge is -2.02. The molecule has 0 aliphatic heterocycles. The quantitative estimate of drug-likeness (QED) is 0.832. The topological polar surface area (TPSA) is 46.1 Å². The van der Waals surface area contributed by atoms with Crippen molar-refractivity contribution in [1.29, 1.82) is 0 Å². The van der Waals surface area contributed by atoms with Gasteiger partial charge in [0.2, 0.25) is 0 Å². The first kappa shape index (κ1) is 12.4. The number of hydrogen-bond donors (Lipinski definition) is 1. The molecule has 0 saturated heterocycles. The number of carboxylic acids is 1. The highest BCUT2D eigenvalue weighted by atomic mass is 16.4. The minimum atomic E-state index is -0.886. The lowest BCUT2D eigenvalue weighted by Crippen LogP contribution is -2.31. The Bertz CT molecular complexity index is 556. The number of benzene rings is 1. The fourth-order valence-electron chi connectivity index (χ4n) is 2.10. The summed E-state index contributed by atoms with van der Waals surface area (Å²) in [6.45, 7) is 2.89. The van der Waals surface area contributed by atoms with Gasteiger partial charge in [-0.25, -0.2) is 13.9 Å². The number of carboxylic acid groups (broad SMARTS) is 1. The van der Waals surface area contributed by atoms with Crippen LogP contribution in [0, 0.1) is 0 Å². The molecule has 0 spiro atoms. The van der Waals surface area contributed by atoms with E-state index in [0.717, 1.165) is 18.5 Å². The second-order valence-electron chi connectivity index (χ2n) is 4.31. The molecule has 0 amide bonds. The number of aromatic nitrogens is 2. The maximum atomic E-state index is 10.8. The molecule has 1 aromatic heterocycles. The third kappa shape index (κ3) is 2.42. The molecule has 18 heavy (non-hydrogen) atoms. The van der Waals surface area contributed by atoms with Gasteiger partial charge in [0, 0.05) is 6.42 Å². The molecule has 94 valence electrons. The second-order valence-corrected chi connectivity index (χ2v) is 4.31. The summed E-state index contributed by atoms with van der Waals surface area (Å²) in [5.41, 5.74) is 1.43. The Morgan fingerprint density at radius 3 is 2.56 bits per heavy atom. The zero-order chi connectivity index (χ0) is 13.1. The van der Waals surface area contributed by atoms with Crippen LogP contribution in [0.5, 0.6) is 0 Å². The third-order valence-electron chi connectivity index (χ3n) is 3.08. The standard InChI is InChI=1S/C14H16N2O2/c1-3-13-15(2)8-9-16(13)10-11-4-6-12(7-5-11)14(17)18/h4-9H,3,10H2,1-2H3/p+1. The van der Waals surface area contributed by atoms with E-state index >= 15 is 0 Å². The molecule has 0 unspecified atom stereocenters. The van der Waals surface area contributed by atoms with Gasteiger partial charge in [-0.3, -0.25) is 0 Å². The molecule has 2 rings (SSSR count). The highest BCUT2D eigenvalue weighted by Crippen LogP contribution is 2.08. The number of carbonyl (C=O) groups is 1. The Kier molecular flexibility index (Phi) is 3.46. The maximum Gasteiger partial charge on any atom is 0.335 e. The van der Waals surface area contributed by atoms with Crippen molar-refractivity contribution in [3.8, 4) is 0 Å². The summed E-state index contributed by atoms with van der Waals surface area (Å²) in [6, 6.07) is 7.02. The molecule has 0 aliphatic carbocycles. The van der Waals surface area contributed by atoms with E-state index in [4.69, 9.17) is 5.11 Å². The normalized spacial score (nSPS) is 10.6. The van der Waals surface area contributed by atoms with Gasteiger partial charge >= 0.3 is 5.97 Å². The minimum absolute atomic E-state index is 0.326. The number of hydrogen-bond acceptors (Lipinski definition) is 1. The lowest BCUT2D eigenvalue weighted by molar-refractivity contribution is -0.678. The van der Waals surface area contributed by atoms with Gasteiger partial charge in [0.1, 0.15) is 18.9 Å². The Morgan fingerprint density at radius 2 is 2.00 bits per heavy atom. The van der Waals surface area contributed by atoms with Gasteiger partial charge < -0.3 is 5.11 Å². The molecular formula is C14H17N2O2+. The van der Waals surface area contributed by atoms with Crippen LogP contribution in [-0.4, -0.2) is 15.6 Å². The SMILES string of the molecule is CCc1n(Cc2ccc(C(=O)O)cc2)cc[n+]1C. The number of aryl methyl sites for hydroxylation is 1. The molecule has 1 N–H and O–H groups in total. The van der Waals surface area contributed by atoms with Crippen LogP contribution in [0.15, 0.2) is 36.7 Å². The molecule has 0 aliphatic rings. The molecule has 0 bridgehead atoms. The molecule has 1 heterocycles. The average Bonchev–Trinajstić information content (AvgIpc) is 2.70. The zero-order valence-corrected chi connectivity index (χ0v) is 10.6. The van der Waals surface area contributed by atoms with Crippen LogP contribution < -0.4 is 4.57 Å². The largest absolute Gasteiger partial charge is 0.478 e. The first-order valence-corrected chi connectivity index (χ1v) is 5.97. The molecule has 2 aromatic rings. The minimum Gasteiger partial charge on any atom is -0.478 e. The van der Waals surface area contributed by atoms with E-state index < -0.39 is 5.97 Å². The molecule has 0 fully saturated rings. The summed E-state index contributed by atoms with van der Waals surface area (Å²) >= 11 is 0. The van der Waals surface area contributed by atoms with Gasteiger partial charge in [-0.15, -0.1) is 0 Å². The number of rotatable bonds is 4. The van der Waals surface area contributed by atoms with Crippen molar-refractivity contribution in [3.63, 3.8) is 0 Å². The van der Waals surface area contributed by atoms with Crippen molar-refractivity contribution in [2.24, 2.45) is 7.05 Å². The van der Waals surface area contributed by atoms with Crippen molar-refractivity contribution < 1.29 is 14.5 Å². The monoisotopic (exact) mass is 245 g/mol. The zero-order valence-electron chi connectivity index (χ0n) is 10.6. The fourth-order valence-corrected chi connectivity index (χ4v) is 2.10. The summed E-state index contributed by atoms with van der Waals surface area (Å²) < 4.78 is 4.28. The Hall–Kier alpha value is -2.10. The first-order chi connectivity index (χ1) is 8.61. The van der Waals surface area contributed by atoms with E-state index in [0.29, 0.717) is 5.56 Å². The summed E-state index contributed by atoms with van der Waals surface area (Å²) in [5.74, 6) is 0.362. The van der Waals surface area contributed by atoms with Crippen molar-refractivity contribution in [1.82, 2.24) is 4.57 Å². The van der Waals surface area contributed by atoms with Crippen LogP contribution in [-0.2, 0) is 20.0 Å². The van der Waals surface area contributed by atoms with Gasteiger partial charge in [-0.05, 0) is 17.7 Å². The van der Waals surface area contributed by atoms with Gasteiger partial charge in [-0.2, -0.15) is 0 Å². The van der Waals surface area contributed by atoms with E-state index in [-0.39, 0.29) is 0 Å². The molecule has 4 nitrogen and oxygen atoms in total. The summed E-state index contributed by atoms with van der Waals surface area (Å²) in [6.07, 6.45) is 5.05.